The molecule has 3 heterocycles. The van der Waals surface area contributed by atoms with Crippen molar-refractivity contribution < 1.29 is 0 Å². The van der Waals surface area contributed by atoms with Gasteiger partial charge in [-0.05, 0) is 47.0 Å². The lowest BCUT2D eigenvalue weighted by Crippen LogP contribution is -2.50. The number of nitrogens with zero attached hydrogens (tertiary/aromatic N) is 7. The Morgan fingerprint density at radius 2 is 1.78 bits per heavy atom. The van der Waals surface area contributed by atoms with E-state index >= 15 is 0 Å². The van der Waals surface area contributed by atoms with E-state index in [0.717, 1.165) is 57.9 Å². The van der Waals surface area contributed by atoms with Crippen LogP contribution in [-0.2, 0) is 12.8 Å². The van der Waals surface area contributed by atoms with Crippen molar-refractivity contribution in [1.82, 2.24) is 29.4 Å². The van der Waals surface area contributed by atoms with Crippen LogP contribution in [0.3, 0.4) is 0 Å². The summed E-state index contributed by atoms with van der Waals surface area (Å²) in [6, 6.07) is 1.21. The first-order valence-electron chi connectivity index (χ1n) is 10.5. The zero-order valence-electron chi connectivity index (χ0n) is 17.2. The Morgan fingerprint density at radius 1 is 1.04 bits per heavy atom. The van der Waals surface area contributed by atoms with Gasteiger partial charge in [0.15, 0.2) is 0 Å². The predicted molar refractivity (Wildman–Crippen MR) is 108 cm³/mol. The lowest BCUT2D eigenvalue weighted by molar-refractivity contribution is 0.140. The van der Waals surface area contributed by atoms with E-state index in [-0.39, 0.29) is 0 Å². The maximum atomic E-state index is 4.71. The summed E-state index contributed by atoms with van der Waals surface area (Å²) >= 11 is 0. The molecule has 148 valence electrons. The number of rotatable bonds is 6. The van der Waals surface area contributed by atoms with Gasteiger partial charge in [0.1, 0.15) is 12.1 Å². The molecule has 4 rings (SSSR count). The lowest BCUT2D eigenvalue weighted by atomic mass is 10.2. The average molecular weight is 372 g/mol. The molecule has 2 aromatic heterocycles. The van der Waals surface area contributed by atoms with Gasteiger partial charge in [-0.1, -0.05) is 0 Å². The van der Waals surface area contributed by atoms with Crippen LogP contribution in [0, 0.1) is 0 Å². The molecule has 1 aliphatic heterocycles. The predicted octanol–water partition coefficient (Wildman–Crippen LogP) is 1.85. The van der Waals surface area contributed by atoms with E-state index in [0.29, 0.717) is 12.1 Å². The third-order valence-electron chi connectivity index (χ3n) is 6.10. The second-order valence-corrected chi connectivity index (χ2v) is 8.44. The Labute approximate surface area is 162 Å². The molecule has 27 heavy (non-hydrogen) atoms. The third-order valence-corrected chi connectivity index (χ3v) is 6.10. The first-order chi connectivity index (χ1) is 13.0. The van der Waals surface area contributed by atoms with E-state index in [4.69, 9.17) is 4.98 Å². The van der Waals surface area contributed by atoms with Crippen LogP contribution in [0.4, 0.5) is 5.82 Å². The normalized spacial score (nSPS) is 18.4. The minimum atomic E-state index is 0.603. The van der Waals surface area contributed by atoms with Crippen LogP contribution in [0.1, 0.15) is 45.4 Å². The second kappa shape index (κ2) is 7.72. The minimum Gasteiger partial charge on any atom is -0.354 e. The first-order valence-corrected chi connectivity index (χ1v) is 10.5. The van der Waals surface area contributed by atoms with Gasteiger partial charge in [0.25, 0.3) is 5.78 Å². The molecule has 0 spiro atoms. The maximum absolute atomic E-state index is 4.71. The summed E-state index contributed by atoms with van der Waals surface area (Å²) in [6.07, 6.45) is 5.02. The van der Waals surface area contributed by atoms with Gasteiger partial charge in [-0.25, -0.2) is 4.98 Å². The van der Waals surface area contributed by atoms with Crippen molar-refractivity contribution in [3.05, 3.63) is 17.6 Å². The quantitative estimate of drug-likeness (QED) is 0.773. The van der Waals surface area contributed by atoms with Gasteiger partial charge in [0.05, 0.1) is 5.69 Å². The van der Waals surface area contributed by atoms with Crippen LogP contribution >= 0.6 is 0 Å². The molecular formula is C20H33N7. The lowest BCUT2D eigenvalue weighted by Gasteiger charge is -2.38. The summed E-state index contributed by atoms with van der Waals surface area (Å²) < 4.78 is 1.96. The van der Waals surface area contributed by atoms with Crippen LogP contribution in [0.2, 0.25) is 0 Å². The Balaban J connectivity index is 1.43. The molecule has 1 aliphatic carbocycles. The second-order valence-electron chi connectivity index (χ2n) is 8.44. The van der Waals surface area contributed by atoms with E-state index < -0.39 is 0 Å². The molecule has 2 aliphatic rings. The summed E-state index contributed by atoms with van der Waals surface area (Å²) in [4.78, 5) is 16.8. The molecule has 1 saturated heterocycles. The maximum Gasteiger partial charge on any atom is 0.254 e. The number of anilines is 1. The Bertz CT molecular complexity index is 766. The molecular weight excluding hydrogens is 338 g/mol. The first kappa shape index (κ1) is 18.6. The molecule has 0 bridgehead atoms. The van der Waals surface area contributed by atoms with Crippen molar-refractivity contribution in [3.8, 4) is 0 Å². The number of fused-ring (bicyclic) bond motifs is 2. The molecule has 0 atom stereocenters. The van der Waals surface area contributed by atoms with Crippen LogP contribution in [0.25, 0.3) is 5.78 Å². The molecule has 0 radical (unpaired) electrons. The summed E-state index contributed by atoms with van der Waals surface area (Å²) in [6.45, 7) is 15.8. The van der Waals surface area contributed by atoms with Crippen molar-refractivity contribution in [2.45, 2.75) is 59.0 Å². The van der Waals surface area contributed by atoms with Crippen molar-refractivity contribution in [2.75, 3.05) is 44.2 Å². The highest BCUT2D eigenvalue weighted by molar-refractivity contribution is 5.56. The minimum absolute atomic E-state index is 0.603. The molecule has 0 N–H and O–H groups in total. The van der Waals surface area contributed by atoms with Crippen molar-refractivity contribution >= 4 is 11.6 Å². The Kier molecular flexibility index (Phi) is 5.32. The monoisotopic (exact) mass is 371 g/mol. The Hall–Kier alpha value is -1.73. The fourth-order valence-electron chi connectivity index (χ4n) is 4.68. The fourth-order valence-corrected chi connectivity index (χ4v) is 4.68. The van der Waals surface area contributed by atoms with Gasteiger partial charge in [-0.15, -0.1) is 0 Å². The molecule has 0 saturated carbocycles. The van der Waals surface area contributed by atoms with Gasteiger partial charge in [-0.2, -0.15) is 14.6 Å². The third kappa shape index (κ3) is 3.67. The molecule has 7 heteroatoms. The van der Waals surface area contributed by atoms with E-state index in [1.165, 1.54) is 23.5 Å². The zero-order chi connectivity index (χ0) is 19.0. The van der Waals surface area contributed by atoms with Gasteiger partial charge < -0.3 is 4.90 Å². The van der Waals surface area contributed by atoms with E-state index in [1.54, 1.807) is 6.33 Å². The smallest absolute Gasteiger partial charge is 0.254 e. The van der Waals surface area contributed by atoms with Crippen molar-refractivity contribution in [1.29, 1.82) is 0 Å². The highest BCUT2D eigenvalue weighted by atomic mass is 15.4. The summed E-state index contributed by atoms with van der Waals surface area (Å²) in [7, 11) is 0. The highest BCUT2D eigenvalue weighted by Crippen LogP contribution is 2.31. The van der Waals surface area contributed by atoms with Crippen LogP contribution in [0.15, 0.2) is 6.33 Å². The topological polar surface area (TPSA) is 52.8 Å². The SMILES string of the molecule is CC(C)N(CCN1CCN(c2c3c(nc4ncnn24)CCC3)CC1)C(C)C. The fraction of sp³-hybridized carbons (Fsp3) is 0.750. The van der Waals surface area contributed by atoms with Gasteiger partial charge in [0, 0.05) is 56.9 Å². The molecule has 0 aromatic carbocycles. The zero-order valence-corrected chi connectivity index (χ0v) is 17.2. The summed E-state index contributed by atoms with van der Waals surface area (Å²) in [5.74, 6) is 1.99. The number of aromatic nitrogens is 4. The van der Waals surface area contributed by atoms with Crippen molar-refractivity contribution in [2.24, 2.45) is 0 Å². The summed E-state index contributed by atoms with van der Waals surface area (Å²) in [5, 5.41) is 4.47. The number of aryl methyl sites for hydroxylation is 1. The number of hydrogen-bond acceptors (Lipinski definition) is 6. The summed E-state index contributed by atoms with van der Waals surface area (Å²) in [5.41, 5.74) is 2.63. The average Bonchev–Trinajstić information content (AvgIpc) is 3.28. The molecule has 1 fully saturated rings. The van der Waals surface area contributed by atoms with Gasteiger partial charge in [0.2, 0.25) is 0 Å². The largest absolute Gasteiger partial charge is 0.354 e. The molecule has 7 nitrogen and oxygen atoms in total. The van der Waals surface area contributed by atoms with Gasteiger partial charge >= 0.3 is 0 Å². The van der Waals surface area contributed by atoms with Crippen LogP contribution < -0.4 is 4.90 Å². The van der Waals surface area contributed by atoms with E-state index in [9.17, 15) is 0 Å². The molecule has 0 amide bonds. The molecule has 0 unspecified atom stereocenters. The van der Waals surface area contributed by atoms with E-state index in [1.807, 2.05) is 4.52 Å². The van der Waals surface area contributed by atoms with Crippen molar-refractivity contribution in [3.63, 3.8) is 0 Å². The highest BCUT2D eigenvalue weighted by Gasteiger charge is 2.27. The van der Waals surface area contributed by atoms with Crippen LogP contribution in [-0.4, -0.2) is 80.7 Å². The van der Waals surface area contributed by atoms with Crippen LogP contribution in [0.5, 0.6) is 0 Å². The number of hydrogen-bond donors (Lipinski definition) is 0. The standard InChI is InChI=1S/C20H33N7/c1-15(2)26(16(3)4)13-10-24-8-11-25(12-9-24)19-17-6-5-7-18(17)23-20-21-14-22-27(19)20/h14-16H,5-13H2,1-4H3. The molecule has 2 aromatic rings. The number of piperazine rings is 1. The Morgan fingerprint density at radius 3 is 2.48 bits per heavy atom. The van der Waals surface area contributed by atoms with Gasteiger partial charge in [-0.3, -0.25) is 9.80 Å². The van der Waals surface area contributed by atoms with E-state index in [2.05, 4.69) is 52.5 Å².